The fraction of sp³-hybridized carbons (Fsp3) is 0. The number of hydrogen-bond acceptors (Lipinski definition) is 2. The van der Waals surface area contributed by atoms with Crippen LogP contribution >= 0.6 is 0 Å². The summed E-state index contributed by atoms with van der Waals surface area (Å²) in [5.41, 5.74) is 1.91. The van der Waals surface area contributed by atoms with E-state index in [1.54, 1.807) is 6.26 Å². The Morgan fingerprint density at radius 2 is 2.25 bits per heavy atom. The smallest absolute Gasteiger partial charge is 0.136 e. The number of aromatic amines is 1. The van der Waals surface area contributed by atoms with Crippen LogP contribution in [0.1, 0.15) is 0 Å². The zero-order chi connectivity index (χ0) is 7.97. The van der Waals surface area contributed by atoms with Gasteiger partial charge in [-0.15, -0.1) is 0 Å². The number of H-pyrrole nitrogens is 1. The van der Waals surface area contributed by atoms with Crippen molar-refractivity contribution in [2.75, 3.05) is 0 Å². The summed E-state index contributed by atoms with van der Waals surface area (Å²) in [5, 5.41) is 9.06. The van der Waals surface area contributed by atoms with E-state index in [-0.39, 0.29) is 0 Å². The van der Waals surface area contributed by atoms with Crippen LogP contribution in [0.4, 0.5) is 0 Å². The molecule has 3 aromatic rings. The molecule has 3 rings (SSSR count). The summed E-state index contributed by atoms with van der Waals surface area (Å²) in [4.78, 5) is 0. The van der Waals surface area contributed by atoms with Crippen molar-refractivity contribution in [3.63, 3.8) is 0 Å². The van der Waals surface area contributed by atoms with Crippen LogP contribution in [0.2, 0.25) is 0 Å². The minimum atomic E-state index is 0.895. The van der Waals surface area contributed by atoms with Gasteiger partial charge in [-0.2, -0.15) is 5.10 Å². The van der Waals surface area contributed by atoms with Crippen molar-refractivity contribution in [2.24, 2.45) is 0 Å². The molecule has 3 nitrogen and oxygen atoms in total. The number of rotatable bonds is 0. The fourth-order valence-corrected chi connectivity index (χ4v) is 1.40. The molecule has 1 N–H and O–H groups in total. The van der Waals surface area contributed by atoms with E-state index in [4.69, 9.17) is 4.42 Å². The second kappa shape index (κ2) is 1.88. The van der Waals surface area contributed by atoms with Gasteiger partial charge >= 0.3 is 0 Å². The van der Waals surface area contributed by atoms with Crippen molar-refractivity contribution in [1.29, 1.82) is 0 Å². The number of nitrogens with one attached hydrogen (secondary N) is 1. The van der Waals surface area contributed by atoms with Crippen LogP contribution in [0, 0.1) is 0 Å². The van der Waals surface area contributed by atoms with Gasteiger partial charge in [-0.3, -0.25) is 5.10 Å². The summed E-state index contributed by atoms with van der Waals surface area (Å²) in [5.74, 6) is 0. The Hall–Kier alpha value is -1.77. The van der Waals surface area contributed by atoms with E-state index in [9.17, 15) is 0 Å². The Labute approximate surface area is 68.0 Å². The Bertz CT molecular complexity index is 444. The first-order valence-electron chi connectivity index (χ1n) is 3.74. The fourth-order valence-electron chi connectivity index (χ4n) is 1.40. The quantitative estimate of drug-likeness (QED) is 0.545. The van der Waals surface area contributed by atoms with Crippen molar-refractivity contribution >= 4 is 21.9 Å². The third-order valence-corrected chi connectivity index (χ3v) is 2.01. The van der Waals surface area contributed by atoms with Gasteiger partial charge in [0.2, 0.25) is 0 Å². The maximum Gasteiger partial charge on any atom is 0.136 e. The van der Waals surface area contributed by atoms with Crippen LogP contribution in [-0.4, -0.2) is 10.2 Å². The molecule has 0 spiro atoms. The molecule has 12 heavy (non-hydrogen) atoms. The molecule has 0 fully saturated rings. The summed E-state index contributed by atoms with van der Waals surface area (Å²) in [6.07, 6.45) is 3.50. The average molecular weight is 158 g/mol. The van der Waals surface area contributed by atoms with E-state index >= 15 is 0 Å². The molecular weight excluding hydrogens is 152 g/mol. The largest absolute Gasteiger partial charge is 0.464 e. The molecule has 0 amide bonds. The van der Waals surface area contributed by atoms with E-state index in [0.717, 1.165) is 21.9 Å². The zero-order valence-electron chi connectivity index (χ0n) is 6.24. The molecule has 0 saturated heterocycles. The van der Waals surface area contributed by atoms with E-state index in [2.05, 4.69) is 16.3 Å². The first kappa shape index (κ1) is 5.83. The summed E-state index contributed by atoms with van der Waals surface area (Å²) >= 11 is 0. The Morgan fingerprint density at radius 1 is 1.25 bits per heavy atom. The molecule has 0 bridgehead atoms. The van der Waals surface area contributed by atoms with Crippen molar-refractivity contribution in [3.8, 4) is 0 Å². The maximum absolute atomic E-state index is 5.25. The highest BCUT2D eigenvalue weighted by molar-refractivity contribution is 5.93. The average Bonchev–Trinajstić information content (AvgIpc) is 2.64. The van der Waals surface area contributed by atoms with Crippen molar-refractivity contribution in [3.05, 3.63) is 30.7 Å². The number of benzene rings is 1. The van der Waals surface area contributed by atoms with Crippen LogP contribution in [-0.2, 0) is 0 Å². The van der Waals surface area contributed by atoms with Gasteiger partial charge < -0.3 is 4.42 Å². The van der Waals surface area contributed by atoms with Gasteiger partial charge in [-0.25, -0.2) is 0 Å². The van der Waals surface area contributed by atoms with E-state index in [0.29, 0.717) is 0 Å². The highest BCUT2D eigenvalue weighted by Gasteiger charge is 2.00. The minimum absolute atomic E-state index is 0.895. The van der Waals surface area contributed by atoms with Crippen LogP contribution < -0.4 is 0 Å². The molecule has 0 aliphatic rings. The molecule has 0 atom stereocenters. The molecule has 2 heterocycles. The van der Waals surface area contributed by atoms with Gasteiger partial charge in [-0.1, -0.05) is 0 Å². The molecule has 3 heteroatoms. The number of hydrogen-bond donors (Lipinski definition) is 1. The van der Waals surface area contributed by atoms with Crippen LogP contribution in [0.25, 0.3) is 21.9 Å². The predicted molar refractivity (Wildman–Crippen MR) is 45.9 cm³/mol. The maximum atomic E-state index is 5.25. The third kappa shape index (κ3) is 0.625. The first-order chi connectivity index (χ1) is 5.93. The van der Waals surface area contributed by atoms with Crippen LogP contribution in [0.5, 0.6) is 0 Å². The van der Waals surface area contributed by atoms with E-state index in [1.165, 1.54) is 0 Å². The Kier molecular flexibility index (Phi) is 0.913. The van der Waals surface area contributed by atoms with Crippen LogP contribution in [0.3, 0.4) is 0 Å². The van der Waals surface area contributed by atoms with Crippen molar-refractivity contribution < 1.29 is 4.42 Å². The zero-order valence-corrected chi connectivity index (χ0v) is 6.24. The molecule has 0 saturated carbocycles. The lowest BCUT2D eigenvalue weighted by atomic mass is 10.2. The summed E-state index contributed by atoms with van der Waals surface area (Å²) in [7, 11) is 0. The number of aromatic nitrogens is 2. The van der Waals surface area contributed by atoms with Crippen molar-refractivity contribution in [1.82, 2.24) is 10.2 Å². The Balaban J connectivity index is 2.62. The standard InChI is InChI=1S/C9H6N2O/c1-2-12-9-4-8-7(3-6(1)9)5-10-11-8/h1-5H,(H,10,11). The minimum Gasteiger partial charge on any atom is -0.464 e. The second-order valence-corrected chi connectivity index (χ2v) is 2.77. The second-order valence-electron chi connectivity index (χ2n) is 2.77. The number of nitrogens with zero attached hydrogens (tertiary/aromatic N) is 1. The van der Waals surface area contributed by atoms with E-state index < -0.39 is 0 Å². The van der Waals surface area contributed by atoms with E-state index in [1.807, 2.05) is 18.3 Å². The van der Waals surface area contributed by atoms with Gasteiger partial charge in [0, 0.05) is 16.8 Å². The molecule has 0 aliphatic carbocycles. The highest BCUT2D eigenvalue weighted by atomic mass is 16.3. The Morgan fingerprint density at radius 3 is 3.25 bits per heavy atom. The summed E-state index contributed by atoms with van der Waals surface area (Å²) < 4.78 is 5.25. The van der Waals surface area contributed by atoms with Crippen LogP contribution in [0.15, 0.2) is 35.1 Å². The molecular formula is C9H6N2O. The van der Waals surface area contributed by atoms with Gasteiger partial charge in [0.1, 0.15) is 5.58 Å². The molecule has 58 valence electrons. The normalized spacial score (nSPS) is 11.3. The molecule has 1 aromatic carbocycles. The lowest BCUT2D eigenvalue weighted by molar-refractivity contribution is 0.616. The number of fused-ring (bicyclic) bond motifs is 2. The van der Waals surface area contributed by atoms with Gasteiger partial charge in [-0.05, 0) is 12.1 Å². The molecule has 0 radical (unpaired) electrons. The highest BCUT2D eigenvalue weighted by Crippen LogP contribution is 2.21. The lowest BCUT2D eigenvalue weighted by Crippen LogP contribution is -1.67. The van der Waals surface area contributed by atoms with Gasteiger partial charge in [0.25, 0.3) is 0 Å². The van der Waals surface area contributed by atoms with Gasteiger partial charge in [0.05, 0.1) is 18.0 Å². The first-order valence-corrected chi connectivity index (χ1v) is 3.74. The predicted octanol–water partition coefficient (Wildman–Crippen LogP) is 2.31. The molecule has 0 aliphatic heterocycles. The SMILES string of the molecule is c1cc2cc3cn[nH]c3cc2o1. The monoisotopic (exact) mass is 158 g/mol. The topological polar surface area (TPSA) is 41.8 Å². The lowest BCUT2D eigenvalue weighted by Gasteiger charge is -1.87. The summed E-state index contributed by atoms with van der Waals surface area (Å²) in [6.45, 7) is 0. The third-order valence-electron chi connectivity index (χ3n) is 2.01. The molecule has 0 unspecified atom stereocenters. The summed E-state index contributed by atoms with van der Waals surface area (Å²) in [6, 6.07) is 5.96. The molecule has 2 aromatic heterocycles. The number of furan rings is 1. The van der Waals surface area contributed by atoms with Gasteiger partial charge in [0.15, 0.2) is 0 Å². The van der Waals surface area contributed by atoms with Crippen molar-refractivity contribution in [2.45, 2.75) is 0 Å².